The summed E-state index contributed by atoms with van der Waals surface area (Å²) in [5, 5.41) is 0. The predicted octanol–water partition coefficient (Wildman–Crippen LogP) is 1.11. The molecule has 2 N–H and O–H groups in total. The van der Waals surface area contributed by atoms with E-state index in [1.165, 1.54) is 0 Å². The second-order valence-corrected chi connectivity index (χ2v) is 3.84. The predicted molar refractivity (Wildman–Crippen MR) is 69.1 cm³/mol. The fourth-order valence-corrected chi connectivity index (χ4v) is 1.43. The lowest BCUT2D eigenvalue weighted by Crippen LogP contribution is -2.08. The van der Waals surface area contributed by atoms with Gasteiger partial charge in [0.15, 0.2) is 0 Å². The number of aromatic nitrogens is 1. The second-order valence-electron chi connectivity index (χ2n) is 3.84. The van der Waals surface area contributed by atoms with Crippen LogP contribution in [0.3, 0.4) is 0 Å². The molecule has 0 unspecified atom stereocenters. The Bertz CT molecular complexity index is 321. The van der Waals surface area contributed by atoms with Crippen LogP contribution in [0.1, 0.15) is 17.8 Å². The van der Waals surface area contributed by atoms with Gasteiger partial charge in [-0.2, -0.15) is 0 Å². The molecule has 5 nitrogen and oxygen atoms in total. The molecule has 0 bridgehead atoms. The molecule has 1 heterocycles. The maximum absolute atomic E-state index is 5.52. The maximum atomic E-state index is 5.52. The van der Waals surface area contributed by atoms with Crippen molar-refractivity contribution in [3.63, 3.8) is 0 Å². The van der Waals surface area contributed by atoms with Crippen molar-refractivity contribution in [2.75, 3.05) is 33.5 Å². The number of nitrogens with zero attached hydrogens (tertiary/aromatic N) is 1. The third-order valence-corrected chi connectivity index (χ3v) is 2.33. The van der Waals surface area contributed by atoms with Gasteiger partial charge in [-0.25, -0.2) is 0 Å². The van der Waals surface area contributed by atoms with Crippen LogP contribution in [0.2, 0.25) is 0 Å². The van der Waals surface area contributed by atoms with Gasteiger partial charge in [-0.1, -0.05) is 6.07 Å². The van der Waals surface area contributed by atoms with Crippen LogP contribution in [-0.4, -0.2) is 38.5 Å². The second kappa shape index (κ2) is 9.96. The number of hydrogen-bond donors (Lipinski definition) is 1. The van der Waals surface area contributed by atoms with Crippen molar-refractivity contribution in [2.45, 2.75) is 19.6 Å². The third-order valence-electron chi connectivity index (χ3n) is 2.33. The monoisotopic (exact) mass is 254 g/mol. The molecule has 0 aliphatic carbocycles. The smallest absolute Gasteiger partial charge is 0.0889 e. The summed E-state index contributed by atoms with van der Waals surface area (Å²) in [5.41, 5.74) is 7.30. The van der Waals surface area contributed by atoms with Gasteiger partial charge in [-0.15, -0.1) is 0 Å². The Balaban J connectivity index is 2.03. The summed E-state index contributed by atoms with van der Waals surface area (Å²) in [7, 11) is 1.69. The summed E-state index contributed by atoms with van der Waals surface area (Å²) in [6.45, 7) is 3.56. The molecule has 102 valence electrons. The van der Waals surface area contributed by atoms with Gasteiger partial charge in [0.25, 0.3) is 0 Å². The van der Waals surface area contributed by atoms with Crippen molar-refractivity contribution in [2.24, 2.45) is 5.73 Å². The molecule has 0 radical (unpaired) electrons. The highest BCUT2D eigenvalue weighted by molar-refractivity contribution is 5.10. The van der Waals surface area contributed by atoms with E-state index in [9.17, 15) is 0 Å². The minimum absolute atomic E-state index is 0.455. The first kappa shape index (κ1) is 15.0. The molecule has 0 amide bonds. The maximum Gasteiger partial charge on any atom is 0.0889 e. The first-order valence-corrected chi connectivity index (χ1v) is 6.16. The van der Waals surface area contributed by atoms with Crippen LogP contribution in [0, 0.1) is 0 Å². The molecule has 0 aliphatic rings. The zero-order valence-corrected chi connectivity index (χ0v) is 10.9. The number of rotatable bonds is 10. The number of nitrogens with two attached hydrogens (primary N) is 1. The van der Waals surface area contributed by atoms with Crippen LogP contribution >= 0.6 is 0 Å². The van der Waals surface area contributed by atoms with E-state index < -0.39 is 0 Å². The highest BCUT2D eigenvalue weighted by Gasteiger charge is 1.97. The van der Waals surface area contributed by atoms with E-state index in [4.69, 9.17) is 19.9 Å². The van der Waals surface area contributed by atoms with Crippen molar-refractivity contribution < 1.29 is 14.2 Å². The molecule has 0 aliphatic heterocycles. The van der Waals surface area contributed by atoms with E-state index in [0.29, 0.717) is 33.0 Å². The molecular weight excluding hydrogens is 232 g/mol. The average Bonchev–Trinajstić information content (AvgIpc) is 2.42. The standard InChI is InChI=1S/C13H22N2O3/c1-16-6-3-7-17-8-9-18-11-13-5-2-4-12(10-14)15-13/h2,4-5H,3,6-11,14H2,1H3. The Hall–Kier alpha value is -1.01. The van der Waals surface area contributed by atoms with Gasteiger partial charge in [-0.05, 0) is 18.6 Å². The molecule has 18 heavy (non-hydrogen) atoms. The molecule has 0 spiro atoms. The van der Waals surface area contributed by atoms with Gasteiger partial charge in [0.2, 0.25) is 0 Å². The fraction of sp³-hybridized carbons (Fsp3) is 0.615. The summed E-state index contributed by atoms with van der Waals surface area (Å²) in [6, 6.07) is 5.77. The fourth-order valence-electron chi connectivity index (χ4n) is 1.43. The normalized spacial score (nSPS) is 10.8. The highest BCUT2D eigenvalue weighted by atomic mass is 16.5. The Labute approximate surface area is 108 Å². The number of hydrogen-bond acceptors (Lipinski definition) is 5. The molecule has 0 saturated carbocycles. The molecule has 1 rings (SSSR count). The van der Waals surface area contributed by atoms with Crippen molar-refractivity contribution >= 4 is 0 Å². The summed E-state index contributed by atoms with van der Waals surface area (Å²) in [4.78, 5) is 4.34. The Morgan fingerprint density at radius 2 is 1.83 bits per heavy atom. The van der Waals surface area contributed by atoms with Gasteiger partial charge >= 0.3 is 0 Å². The van der Waals surface area contributed by atoms with Crippen molar-refractivity contribution in [3.05, 3.63) is 29.6 Å². The Morgan fingerprint density at radius 1 is 1.06 bits per heavy atom. The Morgan fingerprint density at radius 3 is 2.61 bits per heavy atom. The molecule has 1 aromatic rings. The van der Waals surface area contributed by atoms with E-state index >= 15 is 0 Å². The third kappa shape index (κ3) is 6.66. The minimum Gasteiger partial charge on any atom is -0.385 e. The van der Waals surface area contributed by atoms with Gasteiger partial charge in [-0.3, -0.25) is 4.98 Å². The van der Waals surface area contributed by atoms with Crippen LogP contribution in [0.5, 0.6) is 0 Å². The van der Waals surface area contributed by atoms with Gasteiger partial charge in [0.1, 0.15) is 0 Å². The minimum atomic E-state index is 0.455. The van der Waals surface area contributed by atoms with Crippen molar-refractivity contribution in [1.29, 1.82) is 0 Å². The lowest BCUT2D eigenvalue weighted by atomic mass is 10.3. The molecule has 0 saturated heterocycles. The molecule has 0 fully saturated rings. The SMILES string of the molecule is COCCCOCCOCc1cccc(CN)n1. The topological polar surface area (TPSA) is 66.6 Å². The summed E-state index contributed by atoms with van der Waals surface area (Å²) in [5.74, 6) is 0. The first-order chi connectivity index (χ1) is 8.86. The van der Waals surface area contributed by atoms with Gasteiger partial charge < -0.3 is 19.9 Å². The summed E-state index contributed by atoms with van der Waals surface area (Å²) >= 11 is 0. The Kier molecular flexibility index (Phi) is 8.33. The highest BCUT2D eigenvalue weighted by Crippen LogP contribution is 2.00. The van der Waals surface area contributed by atoms with Crippen LogP contribution < -0.4 is 5.73 Å². The van der Waals surface area contributed by atoms with E-state index in [0.717, 1.165) is 24.4 Å². The van der Waals surface area contributed by atoms with Crippen LogP contribution in [0.4, 0.5) is 0 Å². The number of pyridine rings is 1. The zero-order chi connectivity index (χ0) is 13.1. The summed E-state index contributed by atoms with van der Waals surface area (Å²) in [6.07, 6.45) is 0.913. The van der Waals surface area contributed by atoms with E-state index in [1.807, 2.05) is 18.2 Å². The largest absolute Gasteiger partial charge is 0.385 e. The molecule has 1 aromatic heterocycles. The van der Waals surface area contributed by atoms with Gasteiger partial charge in [0.05, 0.1) is 31.2 Å². The average molecular weight is 254 g/mol. The van der Waals surface area contributed by atoms with Crippen molar-refractivity contribution in [1.82, 2.24) is 4.98 Å². The van der Waals surface area contributed by atoms with Crippen LogP contribution in [0.15, 0.2) is 18.2 Å². The molecule has 0 atom stereocenters. The van der Waals surface area contributed by atoms with E-state index in [-0.39, 0.29) is 0 Å². The number of methoxy groups -OCH3 is 1. The van der Waals surface area contributed by atoms with Crippen LogP contribution in [-0.2, 0) is 27.4 Å². The van der Waals surface area contributed by atoms with Crippen LogP contribution in [0.25, 0.3) is 0 Å². The van der Waals surface area contributed by atoms with E-state index in [2.05, 4.69) is 4.98 Å². The molecule has 5 heteroatoms. The van der Waals surface area contributed by atoms with Crippen molar-refractivity contribution in [3.8, 4) is 0 Å². The quantitative estimate of drug-likeness (QED) is 0.634. The van der Waals surface area contributed by atoms with E-state index in [1.54, 1.807) is 7.11 Å². The lowest BCUT2D eigenvalue weighted by Gasteiger charge is -2.06. The first-order valence-electron chi connectivity index (χ1n) is 6.16. The summed E-state index contributed by atoms with van der Waals surface area (Å²) < 4.78 is 15.8. The molecular formula is C13H22N2O3. The molecule has 0 aromatic carbocycles. The zero-order valence-electron chi connectivity index (χ0n) is 10.9. The number of ether oxygens (including phenoxy) is 3. The lowest BCUT2D eigenvalue weighted by molar-refractivity contribution is 0.0327. The van der Waals surface area contributed by atoms with Gasteiger partial charge in [0, 0.05) is 26.9 Å².